The second-order valence-electron chi connectivity index (χ2n) is 5.59. The molecule has 2 aromatic rings. The van der Waals surface area contributed by atoms with Gasteiger partial charge in [0.05, 0.1) is 11.1 Å². The Morgan fingerprint density at radius 1 is 1.43 bits per heavy atom. The number of hydrogen-bond acceptors (Lipinski definition) is 4. The lowest BCUT2D eigenvalue weighted by Gasteiger charge is -2.27. The number of nitriles is 1. The van der Waals surface area contributed by atoms with Gasteiger partial charge >= 0.3 is 5.97 Å². The fourth-order valence-electron chi connectivity index (χ4n) is 2.10. The van der Waals surface area contributed by atoms with Crippen LogP contribution in [0.25, 0.3) is 10.9 Å². The summed E-state index contributed by atoms with van der Waals surface area (Å²) in [7, 11) is 0. The fourth-order valence-corrected chi connectivity index (χ4v) is 2.10. The van der Waals surface area contributed by atoms with Crippen molar-refractivity contribution < 1.29 is 9.90 Å². The molecule has 0 aliphatic heterocycles. The highest BCUT2D eigenvalue weighted by atomic mass is 16.4. The lowest BCUT2D eigenvalue weighted by atomic mass is 9.98. The molecule has 0 aliphatic rings. The van der Waals surface area contributed by atoms with Crippen LogP contribution in [0.3, 0.4) is 0 Å². The van der Waals surface area contributed by atoms with E-state index in [0.29, 0.717) is 17.8 Å². The van der Waals surface area contributed by atoms with Gasteiger partial charge in [0, 0.05) is 17.3 Å². The van der Waals surface area contributed by atoms with E-state index in [0.717, 1.165) is 10.9 Å². The number of fused-ring (bicyclic) bond motifs is 1. The van der Waals surface area contributed by atoms with E-state index in [2.05, 4.69) is 16.4 Å². The van der Waals surface area contributed by atoms with Crippen molar-refractivity contribution >= 4 is 22.7 Å². The quantitative estimate of drug-likeness (QED) is 0.880. The van der Waals surface area contributed by atoms with Crippen molar-refractivity contribution in [3.63, 3.8) is 0 Å². The molecule has 0 saturated carbocycles. The summed E-state index contributed by atoms with van der Waals surface area (Å²) in [6.45, 7) is 3.79. The molecule has 5 heteroatoms. The summed E-state index contributed by atoms with van der Waals surface area (Å²) in [6, 6.07) is 11.5. The minimum Gasteiger partial charge on any atom is -0.481 e. The smallest absolute Gasteiger partial charge is 0.303 e. The Morgan fingerprint density at radius 2 is 2.14 bits per heavy atom. The molecule has 108 valence electrons. The van der Waals surface area contributed by atoms with Gasteiger partial charge in [-0.2, -0.15) is 5.26 Å². The Hall–Kier alpha value is -2.61. The molecule has 5 nitrogen and oxygen atoms in total. The highest BCUT2D eigenvalue weighted by Crippen LogP contribution is 2.24. The third-order valence-electron chi connectivity index (χ3n) is 3.27. The zero-order chi connectivity index (χ0) is 15.5. The zero-order valence-corrected chi connectivity index (χ0v) is 12.1. The average Bonchev–Trinajstić information content (AvgIpc) is 2.44. The second kappa shape index (κ2) is 5.80. The first-order valence-electron chi connectivity index (χ1n) is 6.71. The standard InChI is InChI=1S/C16H17N3O2/c1-16(2,8-7-14(20)21)19-15-12(10-17)9-11-5-3-4-6-13(11)18-15/h3-6,9H,7-8H2,1-2H3,(H,18,19)(H,20,21). The summed E-state index contributed by atoms with van der Waals surface area (Å²) in [5.41, 5.74) is 0.796. The molecular formula is C16H17N3O2. The predicted molar refractivity (Wildman–Crippen MR) is 81.0 cm³/mol. The van der Waals surface area contributed by atoms with Gasteiger partial charge in [-0.1, -0.05) is 18.2 Å². The van der Waals surface area contributed by atoms with E-state index in [1.807, 2.05) is 38.1 Å². The third-order valence-corrected chi connectivity index (χ3v) is 3.27. The minimum atomic E-state index is -0.836. The molecule has 0 saturated heterocycles. The number of carboxylic acid groups (broad SMARTS) is 1. The van der Waals surface area contributed by atoms with Gasteiger partial charge in [-0.05, 0) is 32.4 Å². The summed E-state index contributed by atoms with van der Waals surface area (Å²) < 4.78 is 0. The van der Waals surface area contributed by atoms with Gasteiger partial charge in [-0.3, -0.25) is 4.79 Å². The van der Waals surface area contributed by atoms with E-state index in [1.54, 1.807) is 6.07 Å². The molecule has 1 aromatic carbocycles. The van der Waals surface area contributed by atoms with Crippen LogP contribution in [0.4, 0.5) is 5.82 Å². The van der Waals surface area contributed by atoms with Gasteiger partial charge in [-0.25, -0.2) is 4.98 Å². The van der Waals surface area contributed by atoms with E-state index >= 15 is 0 Å². The van der Waals surface area contributed by atoms with Gasteiger partial charge in [0.25, 0.3) is 0 Å². The van der Waals surface area contributed by atoms with Crippen molar-refractivity contribution in [3.8, 4) is 6.07 Å². The molecule has 1 aromatic heterocycles. The predicted octanol–water partition coefficient (Wildman–Crippen LogP) is 3.16. The molecule has 0 radical (unpaired) electrons. The highest BCUT2D eigenvalue weighted by molar-refractivity contribution is 5.82. The molecule has 2 rings (SSSR count). The third kappa shape index (κ3) is 3.69. The number of anilines is 1. The Labute approximate surface area is 123 Å². The van der Waals surface area contributed by atoms with Crippen molar-refractivity contribution in [3.05, 3.63) is 35.9 Å². The molecule has 0 unspecified atom stereocenters. The number of aliphatic carboxylic acids is 1. The van der Waals surface area contributed by atoms with Crippen LogP contribution in [-0.2, 0) is 4.79 Å². The number of hydrogen-bond donors (Lipinski definition) is 2. The molecule has 2 N–H and O–H groups in total. The number of benzene rings is 1. The minimum absolute atomic E-state index is 0.0649. The normalized spacial score (nSPS) is 11.1. The maximum absolute atomic E-state index is 10.7. The van der Waals surface area contributed by atoms with E-state index < -0.39 is 11.5 Å². The number of pyridine rings is 1. The van der Waals surface area contributed by atoms with Crippen LogP contribution in [-0.4, -0.2) is 21.6 Å². The van der Waals surface area contributed by atoms with Crippen molar-refractivity contribution in [2.45, 2.75) is 32.2 Å². The topological polar surface area (TPSA) is 86.0 Å². The summed E-state index contributed by atoms with van der Waals surface area (Å²) >= 11 is 0. The lowest BCUT2D eigenvalue weighted by molar-refractivity contribution is -0.137. The number of aromatic nitrogens is 1. The van der Waals surface area contributed by atoms with Crippen LogP contribution in [0.1, 0.15) is 32.3 Å². The van der Waals surface area contributed by atoms with Gasteiger partial charge in [0.2, 0.25) is 0 Å². The number of carboxylic acids is 1. The first kappa shape index (κ1) is 14.8. The fraction of sp³-hybridized carbons (Fsp3) is 0.312. The maximum atomic E-state index is 10.7. The van der Waals surface area contributed by atoms with Crippen LogP contribution in [0.5, 0.6) is 0 Å². The van der Waals surface area contributed by atoms with Gasteiger partial charge in [0.1, 0.15) is 11.9 Å². The van der Waals surface area contributed by atoms with Crippen LogP contribution in [0.2, 0.25) is 0 Å². The first-order chi connectivity index (χ1) is 9.91. The van der Waals surface area contributed by atoms with E-state index in [4.69, 9.17) is 5.11 Å². The zero-order valence-electron chi connectivity index (χ0n) is 12.1. The highest BCUT2D eigenvalue weighted by Gasteiger charge is 2.21. The van der Waals surface area contributed by atoms with Crippen molar-refractivity contribution in [2.24, 2.45) is 0 Å². The largest absolute Gasteiger partial charge is 0.481 e. The molecule has 21 heavy (non-hydrogen) atoms. The number of rotatable bonds is 5. The van der Waals surface area contributed by atoms with Crippen molar-refractivity contribution in [2.75, 3.05) is 5.32 Å². The van der Waals surface area contributed by atoms with Crippen LogP contribution in [0.15, 0.2) is 30.3 Å². The molecule has 0 atom stereocenters. The molecule has 0 fully saturated rings. The lowest BCUT2D eigenvalue weighted by Crippen LogP contribution is -2.32. The molecule has 0 amide bonds. The monoisotopic (exact) mass is 283 g/mol. The Kier molecular flexibility index (Phi) is 4.08. The van der Waals surface area contributed by atoms with E-state index in [9.17, 15) is 10.1 Å². The molecule has 1 heterocycles. The first-order valence-corrected chi connectivity index (χ1v) is 6.71. The summed E-state index contributed by atoms with van der Waals surface area (Å²) in [4.78, 5) is 15.2. The van der Waals surface area contributed by atoms with Crippen LogP contribution >= 0.6 is 0 Å². The van der Waals surface area contributed by atoms with Gasteiger partial charge in [0.15, 0.2) is 0 Å². The molecule has 0 bridgehead atoms. The Balaban J connectivity index is 2.32. The van der Waals surface area contributed by atoms with Crippen LogP contribution < -0.4 is 5.32 Å². The van der Waals surface area contributed by atoms with Crippen molar-refractivity contribution in [1.29, 1.82) is 5.26 Å². The van der Waals surface area contributed by atoms with Crippen molar-refractivity contribution in [1.82, 2.24) is 4.98 Å². The summed E-state index contributed by atoms with van der Waals surface area (Å²) in [5, 5.41) is 22.2. The second-order valence-corrected chi connectivity index (χ2v) is 5.59. The SMILES string of the molecule is CC(C)(CCC(=O)O)Nc1nc2ccccc2cc1C#N. The van der Waals surface area contributed by atoms with E-state index in [1.165, 1.54) is 0 Å². The Bertz CT molecular complexity index is 717. The van der Waals surface area contributed by atoms with Crippen LogP contribution in [0, 0.1) is 11.3 Å². The summed E-state index contributed by atoms with van der Waals surface area (Å²) in [5.74, 6) is -0.344. The maximum Gasteiger partial charge on any atom is 0.303 e. The number of para-hydroxylation sites is 1. The number of nitrogens with zero attached hydrogens (tertiary/aromatic N) is 2. The number of carbonyl (C=O) groups is 1. The summed E-state index contributed by atoms with van der Waals surface area (Å²) in [6.07, 6.45) is 0.511. The average molecular weight is 283 g/mol. The number of nitrogens with one attached hydrogen (secondary N) is 1. The molecule has 0 aliphatic carbocycles. The van der Waals surface area contributed by atoms with E-state index in [-0.39, 0.29) is 6.42 Å². The Morgan fingerprint density at radius 3 is 2.81 bits per heavy atom. The van der Waals surface area contributed by atoms with Gasteiger partial charge in [-0.15, -0.1) is 0 Å². The molecular weight excluding hydrogens is 266 g/mol. The van der Waals surface area contributed by atoms with Gasteiger partial charge < -0.3 is 10.4 Å². The molecule has 0 spiro atoms.